The van der Waals surface area contributed by atoms with Gasteiger partial charge in [0.15, 0.2) is 0 Å². The van der Waals surface area contributed by atoms with E-state index in [9.17, 15) is 0 Å². The number of nitrogens with one attached hydrogen (secondary N) is 1. The highest BCUT2D eigenvalue weighted by Crippen LogP contribution is 2.42. The first-order valence-corrected chi connectivity index (χ1v) is 7.46. The highest BCUT2D eigenvalue weighted by atomic mass is 35.5. The van der Waals surface area contributed by atoms with Gasteiger partial charge in [0, 0.05) is 16.9 Å². The van der Waals surface area contributed by atoms with Gasteiger partial charge in [0.1, 0.15) is 16.8 Å². The van der Waals surface area contributed by atoms with Crippen molar-refractivity contribution < 1.29 is 0 Å². The number of hydrogen-bond donors (Lipinski definition) is 1. The van der Waals surface area contributed by atoms with Crippen LogP contribution in [-0.2, 0) is 0 Å². The van der Waals surface area contributed by atoms with E-state index >= 15 is 0 Å². The fraction of sp³-hybridized carbons (Fsp3) is 0.667. The maximum atomic E-state index is 6.05. The molecule has 0 saturated heterocycles. The van der Waals surface area contributed by atoms with Gasteiger partial charge in [-0.2, -0.15) is 11.8 Å². The van der Waals surface area contributed by atoms with Crippen molar-refractivity contribution in [2.45, 2.75) is 37.9 Å². The molecule has 0 aromatic carbocycles. The van der Waals surface area contributed by atoms with Crippen molar-refractivity contribution in [2.24, 2.45) is 0 Å². The Morgan fingerprint density at radius 3 is 2.59 bits per heavy atom. The van der Waals surface area contributed by atoms with Gasteiger partial charge < -0.3 is 5.32 Å². The van der Waals surface area contributed by atoms with Gasteiger partial charge in [-0.1, -0.05) is 18.0 Å². The number of nitrogens with zero attached hydrogens (tertiary/aromatic N) is 2. The Balaban J connectivity index is 2.08. The van der Waals surface area contributed by atoms with Crippen LogP contribution >= 0.6 is 23.4 Å². The van der Waals surface area contributed by atoms with Gasteiger partial charge in [0.05, 0.1) is 0 Å². The summed E-state index contributed by atoms with van der Waals surface area (Å²) in [4.78, 5) is 8.56. The molecule has 1 saturated carbocycles. The lowest BCUT2D eigenvalue weighted by Gasteiger charge is -2.40. The predicted octanol–water partition coefficient (Wildman–Crippen LogP) is 3.44. The summed E-state index contributed by atoms with van der Waals surface area (Å²) in [7, 11) is 0. The second-order valence-electron chi connectivity index (χ2n) is 4.63. The van der Waals surface area contributed by atoms with Crippen molar-refractivity contribution in [1.82, 2.24) is 9.97 Å². The van der Waals surface area contributed by atoms with E-state index in [4.69, 9.17) is 11.6 Å². The first-order valence-electron chi connectivity index (χ1n) is 5.86. The third-order valence-corrected chi connectivity index (χ3v) is 5.26. The molecule has 1 aromatic rings. The van der Waals surface area contributed by atoms with Crippen molar-refractivity contribution >= 4 is 29.2 Å². The predicted molar refractivity (Wildman–Crippen MR) is 75.1 cm³/mol. The Labute approximate surface area is 112 Å². The van der Waals surface area contributed by atoms with Crippen LogP contribution in [0.4, 0.5) is 5.82 Å². The van der Waals surface area contributed by atoms with Gasteiger partial charge in [-0.05, 0) is 32.9 Å². The molecule has 94 valence electrons. The number of thioether (sulfide) groups is 1. The standard InChI is InChI=1S/C12H18ClN3S/c1-8-10(13)15-9(2)16-11(8)14-7-12(17-3)5-4-6-12/h4-7H2,1-3H3,(H,14,15,16). The lowest BCUT2D eigenvalue weighted by molar-refractivity contribution is 0.379. The minimum absolute atomic E-state index is 0.401. The maximum absolute atomic E-state index is 6.05. The summed E-state index contributed by atoms with van der Waals surface area (Å²) in [5.74, 6) is 1.60. The van der Waals surface area contributed by atoms with Gasteiger partial charge in [-0.3, -0.25) is 0 Å². The summed E-state index contributed by atoms with van der Waals surface area (Å²) in [5.41, 5.74) is 0.938. The van der Waals surface area contributed by atoms with Gasteiger partial charge in [0.2, 0.25) is 0 Å². The number of aryl methyl sites for hydroxylation is 1. The largest absolute Gasteiger partial charge is 0.368 e. The summed E-state index contributed by atoms with van der Waals surface area (Å²) in [5, 5.41) is 3.98. The van der Waals surface area contributed by atoms with E-state index in [2.05, 4.69) is 21.5 Å². The van der Waals surface area contributed by atoms with E-state index in [1.807, 2.05) is 25.6 Å². The quantitative estimate of drug-likeness (QED) is 0.852. The van der Waals surface area contributed by atoms with Gasteiger partial charge >= 0.3 is 0 Å². The molecule has 1 aromatic heterocycles. The highest BCUT2D eigenvalue weighted by molar-refractivity contribution is 8.00. The molecule has 1 N–H and O–H groups in total. The number of aromatic nitrogens is 2. The Bertz CT molecular complexity index is 413. The van der Waals surface area contributed by atoms with E-state index in [1.54, 1.807) is 0 Å². The van der Waals surface area contributed by atoms with Crippen molar-refractivity contribution in [3.8, 4) is 0 Å². The summed E-state index contributed by atoms with van der Waals surface area (Å²) in [6, 6.07) is 0. The highest BCUT2D eigenvalue weighted by Gasteiger charge is 2.36. The summed E-state index contributed by atoms with van der Waals surface area (Å²) >= 11 is 8.01. The van der Waals surface area contributed by atoms with E-state index in [-0.39, 0.29) is 0 Å². The van der Waals surface area contributed by atoms with Crippen LogP contribution < -0.4 is 5.32 Å². The molecule has 1 fully saturated rings. The van der Waals surface area contributed by atoms with Crippen LogP contribution in [0.25, 0.3) is 0 Å². The molecule has 0 bridgehead atoms. The smallest absolute Gasteiger partial charge is 0.137 e. The number of hydrogen-bond acceptors (Lipinski definition) is 4. The Morgan fingerprint density at radius 2 is 2.06 bits per heavy atom. The lowest BCUT2D eigenvalue weighted by atomic mass is 9.84. The minimum atomic E-state index is 0.401. The molecule has 0 spiro atoms. The molecule has 0 atom stereocenters. The molecule has 0 amide bonds. The van der Waals surface area contributed by atoms with Crippen LogP contribution in [0, 0.1) is 13.8 Å². The molecule has 5 heteroatoms. The van der Waals surface area contributed by atoms with Gasteiger partial charge in [-0.15, -0.1) is 0 Å². The Hall–Kier alpha value is -0.480. The van der Waals surface area contributed by atoms with Crippen LogP contribution in [0.3, 0.4) is 0 Å². The summed E-state index contributed by atoms with van der Waals surface area (Å²) in [6.07, 6.45) is 6.10. The zero-order valence-electron chi connectivity index (χ0n) is 10.5. The number of rotatable bonds is 4. The van der Waals surface area contributed by atoms with Crippen LogP contribution in [0.15, 0.2) is 0 Å². The topological polar surface area (TPSA) is 37.8 Å². The molecule has 1 heterocycles. The third-order valence-electron chi connectivity index (χ3n) is 3.47. The molecule has 3 nitrogen and oxygen atoms in total. The average Bonchev–Trinajstić information content (AvgIpc) is 2.23. The molecule has 1 aliphatic carbocycles. The molecular formula is C12H18ClN3S. The van der Waals surface area contributed by atoms with E-state index in [1.165, 1.54) is 19.3 Å². The van der Waals surface area contributed by atoms with E-state index in [0.717, 1.165) is 23.8 Å². The zero-order chi connectivity index (χ0) is 12.5. The van der Waals surface area contributed by atoms with Crippen LogP contribution in [-0.4, -0.2) is 27.5 Å². The summed E-state index contributed by atoms with van der Waals surface area (Å²) < 4.78 is 0.401. The number of halogens is 1. The van der Waals surface area contributed by atoms with Crippen molar-refractivity contribution in [3.05, 3.63) is 16.5 Å². The first-order chi connectivity index (χ1) is 8.06. The lowest BCUT2D eigenvalue weighted by Crippen LogP contribution is -2.40. The molecule has 1 aliphatic rings. The van der Waals surface area contributed by atoms with E-state index < -0.39 is 0 Å². The molecule has 17 heavy (non-hydrogen) atoms. The van der Waals surface area contributed by atoms with Gasteiger partial charge in [0.25, 0.3) is 0 Å². The van der Waals surface area contributed by atoms with E-state index in [0.29, 0.717) is 9.90 Å². The summed E-state index contributed by atoms with van der Waals surface area (Å²) in [6.45, 7) is 4.78. The second-order valence-corrected chi connectivity index (χ2v) is 6.26. The fourth-order valence-electron chi connectivity index (χ4n) is 2.04. The monoisotopic (exact) mass is 271 g/mol. The Morgan fingerprint density at radius 1 is 1.35 bits per heavy atom. The molecular weight excluding hydrogens is 254 g/mol. The SMILES string of the molecule is CSC1(CNc2nc(C)nc(Cl)c2C)CCC1. The van der Waals surface area contributed by atoms with Crippen LogP contribution in [0.2, 0.25) is 5.15 Å². The van der Waals surface area contributed by atoms with Crippen LogP contribution in [0.5, 0.6) is 0 Å². The van der Waals surface area contributed by atoms with Gasteiger partial charge in [-0.25, -0.2) is 9.97 Å². The zero-order valence-corrected chi connectivity index (χ0v) is 12.1. The normalized spacial score (nSPS) is 17.6. The van der Waals surface area contributed by atoms with Crippen molar-refractivity contribution in [3.63, 3.8) is 0 Å². The molecule has 0 unspecified atom stereocenters. The Kier molecular flexibility index (Phi) is 3.83. The third kappa shape index (κ3) is 2.68. The molecule has 2 rings (SSSR count). The second kappa shape index (κ2) is 5.02. The van der Waals surface area contributed by atoms with Crippen molar-refractivity contribution in [2.75, 3.05) is 18.1 Å². The molecule has 0 aliphatic heterocycles. The number of anilines is 1. The molecule has 0 radical (unpaired) electrons. The average molecular weight is 272 g/mol. The van der Waals surface area contributed by atoms with Crippen molar-refractivity contribution in [1.29, 1.82) is 0 Å². The maximum Gasteiger partial charge on any atom is 0.137 e. The van der Waals surface area contributed by atoms with Crippen LogP contribution in [0.1, 0.15) is 30.7 Å². The fourth-order valence-corrected chi connectivity index (χ4v) is 3.16. The minimum Gasteiger partial charge on any atom is -0.368 e. The first kappa shape index (κ1) is 13.0.